The SMILES string of the molecule is CCNC1CCC(N2CCC(CC(N)=O)CC2)CC1. The first-order valence-electron chi connectivity index (χ1n) is 7.94. The van der Waals surface area contributed by atoms with Gasteiger partial charge in [-0.2, -0.15) is 0 Å². The van der Waals surface area contributed by atoms with Crippen molar-refractivity contribution in [2.24, 2.45) is 11.7 Å². The van der Waals surface area contributed by atoms with E-state index in [-0.39, 0.29) is 5.91 Å². The summed E-state index contributed by atoms with van der Waals surface area (Å²) in [4.78, 5) is 13.6. The van der Waals surface area contributed by atoms with Crippen LogP contribution < -0.4 is 11.1 Å². The van der Waals surface area contributed by atoms with Crippen molar-refractivity contribution >= 4 is 5.91 Å². The van der Waals surface area contributed by atoms with E-state index in [0.717, 1.165) is 44.6 Å². The number of nitrogens with zero attached hydrogens (tertiary/aromatic N) is 1. The molecule has 0 unspecified atom stereocenters. The van der Waals surface area contributed by atoms with Crippen LogP contribution in [-0.4, -0.2) is 42.5 Å². The molecule has 4 nitrogen and oxygen atoms in total. The van der Waals surface area contributed by atoms with Gasteiger partial charge >= 0.3 is 0 Å². The molecule has 2 rings (SSSR count). The summed E-state index contributed by atoms with van der Waals surface area (Å²) in [5, 5.41) is 3.57. The monoisotopic (exact) mass is 267 g/mol. The van der Waals surface area contributed by atoms with Gasteiger partial charge in [0.05, 0.1) is 0 Å². The van der Waals surface area contributed by atoms with Crippen LogP contribution in [0.1, 0.15) is 51.9 Å². The molecular formula is C15H29N3O. The average molecular weight is 267 g/mol. The number of hydrogen-bond acceptors (Lipinski definition) is 3. The number of likely N-dealkylation sites (tertiary alicyclic amines) is 1. The number of primary amides is 1. The molecule has 0 aromatic heterocycles. The molecule has 19 heavy (non-hydrogen) atoms. The van der Waals surface area contributed by atoms with Crippen molar-refractivity contribution < 1.29 is 4.79 Å². The number of piperidine rings is 1. The lowest BCUT2D eigenvalue weighted by molar-refractivity contribution is -0.119. The van der Waals surface area contributed by atoms with Crippen molar-refractivity contribution in [1.82, 2.24) is 10.2 Å². The Kier molecular flexibility index (Phi) is 5.64. The number of nitrogens with two attached hydrogens (primary N) is 1. The summed E-state index contributed by atoms with van der Waals surface area (Å²) in [5.74, 6) is 0.399. The molecular weight excluding hydrogens is 238 g/mol. The zero-order valence-corrected chi connectivity index (χ0v) is 12.2. The standard InChI is InChI=1S/C15H29N3O/c1-2-17-13-3-5-14(6-4-13)18-9-7-12(8-10-18)11-15(16)19/h12-14,17H,2-11H2,1H3,(H2,16,19). The van der Waals surface area contributed by atoms with Gasteiger partial charge < -0.3 is 16.0 Å². The summed E-state index contributed by atoms with van der Waals surface area (Å²) in [7, 11) is 0. The summed E-state index contributed by atoms with van der Waals surface area (Å²) in [6.45, 7) is 5.60. The van der Waals surface area contributed by atoms with Crippen LogP contribution in [0.2, 0.25) is 0 Å². The van der Waals surface area contributed by atoms with E-state index in [1.807, 2.05) is 0 Å². The smallest absolute Gasteiger partial charge is 0.217 e. The van der Waals surface area contributed by atoms with E-state index >= 15 is 0 Å². The van der Waals surface area contributed by atoms with E-state index in [1.54, 1.807) is 0 Å². The van der Waals surface area contributed by atoms with Gasteiger partial charge in [-0.05, 0) is 64.1 Å². The molecule has 1 aliphatic carbocycles. The molecule has 0 aromatic carbocycles. The van der Waals surface area contributed by atoms with Crippen LogP contribution in [0.3, 0.4) is 0 Å². The van der Waals surface area contributed by atoms with Crippen molar-refractivity contribution in [2.75, 3.05) is 19.6 Å². The highest BCUT2D eigenvalue weighted by Crippen LogP contribution is 2.28. The Bertz CT molecular complexity index is 279. The Morgan fingerprint density at radius 1 is 1.16 bits per heavy atom. The molecule has 1 heterocycles. The number of carbonyl (C=O) groups is 1. The first kappa shape index (κ1) is 14.8. The molecule has 1 amide bonds. The predicted octanol–water partition coefficient (Wildman–Crippen LogP) is 1.49. The van der Waals surface area contributed by atoms with Gasteiger partial charge in [-0.25, -0.2) is 0 Å². The molecule has 3 N–H and O–H groups in total. The molecule has 0 radical (unpaired) electrons. The van der Waals surface area contributed by atoms with Gasteiger partial charge in [0.1, 0.15) is 0 Å². The second kappa shape index (κ2) is 7.25. The first-order valence-corrected chi connectivity index (χ1v) is 7.94. The van der Waals surface area contributed by atoms with Gasteiger partial charge in [-0.1, -0.05) is 6.92 Å². The van der Waals surface area contributed by atoms with Crippen molar-refractivity contribution in [3.63, 3.8) is 0 Å². The lowest BCUT2D eigenvalue weighted by Crippen LogP contribution is -2.46. The summed E-state index contributed by atoms with van der Waals surface area (Å²) in [6, 6.07) is 1.53. The third-order valence-electron chi connectivity index (χ3n) is 4.84. The molecule has 0 bridgehead atoms. The maximum atomic E-state index is 11.0. The summed E-state index contributed by atoms with van der Waals surface area (Å²) in [5.41, 5.74) is 5.28. The second-order valence-corrected chi connectivity index (χ2v) is 6.21. The quantitative estimate of drug-likeness (QED) is 0.793. The normalized spacial score (nSPS) is 30.4. The van der Waals surface area contributed by atoms with Crippen LogP contribution in [0.4, 0.5) is 0 Å². The lowest BCUT2D eigenvalue weighted by atomic mass is 9.87. The first-order chi connectivity index (χ1) is 9.19. The van der Waals surface area contributed by atoms with Crippen LogP contribution in [0, 0.1) is 5.92 Å². The highest BCUT2D eigenvalue weighted by Gasteiger charge is 2.28. The maximum absolute atomic E-state index is 11.0. The second-order valence-electron chi connectivity index (χ2n) is 6.21. The molecule has 4 heteroatoms. The van der Waals surface area contributed by atoms with Gasteiger partial charge in [0.15, 0.2) is 0 Å². The van der Waals surface area contributed by atoms with Crippen LogP contribution in [-0.2, 0) is 4.79 Å². The average Bonchev–Trinajstić information content (AvgIpc) is 2.40. The zero-order chi connectivity index (χ0) is 13.7. The molecule has 0 aromatic rings. The molecule has 1 saturated carbocycles. The number of amides is 1. The third-order valence-corrected chi connectivity index (χ3v) is 4.84. The van der Waals surface area contributed by atoms with Gasteiger partial charge in [-0.3, -0.25) is 4.79 Å². The molecule has 110 valence electrons. The number of carbonyl (C=O) groups excluding carboxylic acids is 1. The van der Waals surface area contributed by atoms with E-state index < -0.39 is 0 Å². The Morgan fingerprint density at radius 3 is 2.32 bits per heavy atom. The van der Waals surface area contributed by atoms with Gasteiger partial charge in [-0.15, -0.1) is 0 Å². The fourth-order valence-corrected chi connectivity index (χ4v) is 3.74. The Hall–Kier alpha value is -0.610. The Balaban J connectivity index is 1.69. The van der Waals surface area contributed by atoms with Crippen molar-refractivity contribution in [3.05, 3.63) is 0 Å². The number of hydrogen-bond donors (Lipinski definition) is 2. The topological polar surface area (TPSA) is 58.4 Å². The summed E-state index contributed by atoms with van der Waals surface area (Å²) >= 11 is 0. The molecule has 2 fully saturated rings. The van der Waals surface area contributed by atoms with Crippen LogP contribution in [0.15, 0.2) is 0 Å². The number of rotatable bonds is 5. The van der Waals surface area contributed by atoms with Crippen LogP contribution in [0.25, 0.3) is 0 Å². The zero-order valence-electron chi connectivity index (χ0n) is 12.2. The minimum atomic E-state index is -0.135. The fourth-order valence-electron chi connectivity index (χ4n) is 3.74. The third kappa shape index (κ3) is 4.46. The van der Waals surface area contributed by atoms with Crippen LogP contribution in [0.5, 0.6) is 0 Å². The molecule has 0 spiro atoms. The van der Waals surface area contributed by atoms with Gasteiger partial charge in [0, 0.05) is 18.5 Å². The van der Waals surface area contributed by atoms with E-state index in [9.17, 15) is 4.79 Å². The minimum Gasteiger partial charge on any atom is -0.370 e. The van der Waals surface area contributed by atoms with E-state index in [2.05, 4.69) is 17.1 Å². The lowest BCUT2D eigenvalue weighted by Gasteiger charge is -2.40. The van der Waals surface area contributed by atoms with Crippen molar-refractivity contribution in [2.45, 2.75) is 64.0 Å². The van der Waals surface area contributed by atoms with Crippen molar-refractivity contribution in [3.8, 4) is 0 Å². The summed E-state index contributed by atoms with van der Waals surface area (Å²) < 4.78 is 0. The van der Waals surface area contributed by atoms with Gasteiger partial charge in [0.2, 0.25) is 5.91 Å². The maximum Gasteiger partial charge on any atom is 0.217 e. The van der Waals surface area contributed by atoms with E-state index in [1.165, 1.54) is 25.7 Å². The van der Waals surface area contributed by atoms with E-state index in [4.69, 9.17) is 5.73 Å². The minimum absolute atomic E-state index is 0.135. The Morgan fingerprint density at radius 2 is 1.79 bits per heavy atom. The van der Waals surface area contributed by atoms with Crippen molar-refractivity contribution in [1.29, 1.82) is 0 Å². The number of nitrogens with one attached hydrogen (secondary N) is 1. The molecule has 1 aliphatic heterocycles. The molecule has 1 saturated heterocycles. The predicted molar refractivity (Wildman–Crippen MR) is 77.8 cm³/mol. The molecule has 2 aliphatic rings. The summed E-state index contributed by atoms with van der Waals surface area (Å²) in [6.07, 6.45) is 8.18. The molecule has 0 atom stereocenters. The fraction of sp³-hybridized carbons (Fsp3) is 0.933. The highest BCUT2D eigenvalue weighted by atomic mass is 16.1. The van der Waals surface area contributed by atoms with E-state index in [0.29, 0.717) is 12.3 Å². The highest BCUT2D eigenvalue weighted by molar-refractivity contribution is 5.73. The van der Waals surface area contributed by atoms with Gasteiger partial charge in [0.25, 0.3) is 0 Å². The Labute approximate surface area is 117 Å². The van der Waals surface area contributed by atoms with Crippen LogP contribution >= 0.6 is 0 Å². The largest absolute Gasteiger partial charge is 0.370 e.